The Morgan fingerprint density at radius 2 is 2.09 bits per heavy atom. The van der Waals surface area contributed by atoms with Crippen molar-refractivity contribution < 1.29 is 13.2 Å². The fourth-order valence-electron chi connectivity index (χ4n) is 2.52. The Morgan fingerprint density at radius 1 is 1.45 bits per heavy atom. The van der Waals surface area contributed by atoms with Gasteiger partial charge < -0.3 is 10.1 Å². The van der Waals surface area contributed by atoms with E-state index in [0.29, 0.717) is 17.4 Å². The number of hydrogen-bond donors (Lipinski definition) is 2. The van der Waals surface area contributed by atoms with E-state index in [-0.39, 0.29) is 17.8 Å². The first-order valence-corrected chi connectivity index (χ1v) is 9.93. The van der Waals surface area contributed by atoms with Crippen molar-refractivity contribution in [3.8, 4) is 0 Å². The number of hydrogen-bond acceptors (Lipinski definition) is 5. The Kier molecular flexibility index (Phi) is 7.78. The van der Waals surface area contributed by atoms with E-state index in [1.165, 1.54) is 11.3 Å². The molecule has 0 aliphatic carbocycles. The molecule has 0 amide bonds. The van der Waals surface area contributed by atoms with Gasteiger partial charge in [0.05, 0.1) is 10.4 Å². The van der Waals surface area contributed by atoms with Gasteiger partial charge in [-0.05, 0) is 60.4 Å². The van der Waals surface area contributed by atoms with Gasteiger partial charge in [0, 0.05) is 19.1 Å². The summed E-state index contributed by atoms with van der Waals surface area (Å²) in [7, 11) is -1.79. The van der Waals surface area contributed by atoms with Crippen LogP contribution in [0.15, 0.2) is 14.1 Å². The van der Waals surface area contributed by atoms with Gasteiger partial charge in [-0.3, -0.25) is 0 Å². The molecule has 2 rings (SSSR count). The minimum absolute atomic E-state index is 0. The molecule has 0 unspecified atom stereocenters. The lowest BCUT2D eigenvalue weighted by Crippen LogP contribution is -2.47. The van der Waals surface area contributed by atoms with Crippen LogP contribution in [0.2, 0.25) is 0 Å². The number of nitrogens with one attached hydrogen (secondary N) is 2. The quantitative estimate of drug-likeness (QED) is 0.723. The number of thiophene rings is 1. The van der Waals surface area contributed by atoms with Gasteiger partial charge in [-0.25, -0.2) is 13.1 Å². The molecule has 128 valence electrons. The van der Waals surface area contributed by atoms with Gasteiger partial charge in [0.2, 0.25) is 10.0 Å². The van der Waals surface area contributed by atoms with Crippen molar-refractivity contribution in [2.24, 2.45) is 5.41 Å². The first-order valence-electron chi connectivity index (χ1n) is 6.84. The second kappa shape index (κ2) is 8.41. The van der Waals surface area contributed by atoms with Crippen LogP contribution in [0.4, 0.5) is 0 Å². The summed E-state index contributed by atoms with van der Waals surface area (Å²) in [5.41, 5.74) is 0.824. The first-order chi connectivity index (χ1) is 9.88. The second-order valence-corrected chi connectivity index (χ2v) is 9.89. The maximum atomic E-state index is 12.4. The topological polar surface area (TPSA) is 67.4 Å². The fraction of sp³-hybridized carbons (Fsp3) is 0.692. The molecule has 0 radical (unpaired) electrons. The summed E-state index contributed by atoms with van der Waals surface area (Å²) in [4.78, 5) is 0. The average molecular weight is 434 g/mol. The second-order valence-electron chi connectivity index (χ2n) is 5.53. The number of piperidine rings is 1. The Balaban J connectivity index is 0.00000242. The van der Waals surface area contributed by atoms with E-state index in [2.05, 4.69) is 26.0 Å². The standard InChI is InChI=1S/C13H21BrN2O3S2.ClH/c1-10-7-11(20-12(10)14)21(17,18)16-8-13(9-19-2)3-5-15-6-4-13;/h7,15-16H,3-6,8-9H2,1-2H3;1H. The van der Waals surface area contributed by atoms with Crippen molar-refractivity contribution in [3.05, 3.63) is 15.4 Å². The van der Waals surface area contributed by atoms with Gasteiger partial charge >= 0.3 is 0 Å². The van der Waals surface area contributed by atoms with Crippen LogP contribution in [0.5, 0.6) is 0 Å². The fourth-order valence-corrected chi connectivity index (χ4v) is 5.95. The number of ether oxygens (including phenoxy) is 1. The highest BCUT2D eigenvalue weighted by Crippen LogP contribution is 2.32. The van der Waals surface area contributed by atoms with E-state index >= 15 is 0 Å². The number of halogens is 2. The molecule has 0 bridgehead atoms. The van der Waals surface area contributed by atoms with E-state index in [4.69, 9.17) is 4.74 Å². The Hall–Kier alpha value is 0.300. The zero-order chi connectivity index (χ0) is 15.5. The van der Waals surface area contributed by atoms with Crippen LogP contribution in [-0.4, -0.2) is 41.8 Å². The highest BCUT2D eigenvalue weighted by molar-refractivity contribution is 9.11. The van der Waals surface area contributed by atoms with E-state index in [1.54, 1.807) is 13.2 Å². The van der Waals surface area contributed by atoms with E-state index in [0.717, 1.165) is 35.3 Å². The van der Waals surface area contributed by atoms with Crippen molar-refractivity contribution in [1.82, 2.24) is 10.0 Å². The van der Waals surface area contributed by atoms with Gasteiger partial charge in [-0.1, -0.05) is 0 Å². The number of rotatable bonds is 6. The van der Waals surface area contributed by atoms with Gasteiger partial charge in [-0.2, -0.15) is 0 Å². The highest BCUT2D eigenvalue weighted by atomic mass is 79.9. The maximum Gasteiger partial charge on any atom is 0.250 e. The average Bonchev–Trinajstić information content (AvgIpc) is 2.79. The van der Waals surface area contributed by atoms with Crippen molar-refractivity contribution >= 4 is 49.7 Å². The lowest BCUT2D eigenvalue weighted by Gasteiger charge is -2.37. The van der Waals surface area contributed by atoms with Crippen molar-refractivity contribution in [2.75, 3.05) is 33.4 Å². The summed E-state index contributed by atoms with van der Waals surface area (Å²) < 4.78 is 34.1. The molecular formula is C13H22BrClN2O3S2. The van der Waals surface area contributed by atoms with Crippen LogP contribution in [0.1, 0.15) is 18.4 Å². The molecule has 1 fully saturated rings. The van der Waals surface area contributed by atoms with Crippen molar-refractivity contribution in [2.45, 2.75) is 24.0 Å². The molecule has 0 saturated carbocycles. The number of aryl methyl sites for hydroxylation is 1. The minimum atomic E-state index is -3.46. The van der Waals surface area contributed by atoms with Crippen molar-refractivity contribution in [3.63, 3.8) is 0 Å². The number of sulfonamides is 1. The molecule has 0 atom stereocenters. The molecule has 22 heavy (non-hydrogen) atoms. The third-order valence-electron chi connectivity index (χ3n) is 3.85. The molecular weight excluding hydrogens is 412 g/mol. The molecule has 2 N–H and O–H groups in total. The predicted octanol–water partition coefficient (Wildman–Crippen LogP) is 2.54. The molecule has 0 spiro atoms. The summed E-state index contributed by atoms with van der Waals surface area (Å²) in [6.45, 7) is 4.67. The van der Waals surface area contributed by atoms with E-state index in [1.807, 2.05) is 6.92 Å². The summed E-state index contributed by atoms with van der Waals surface area (Å²) in [5, 5.41) is 3.30. The zero-order valence-electron chi connectivity index (χ0n) is 12.6. The SMILES string of the molecule is COCC1(CNS(=O)(=O)c2cc(C)c(Br)s2)CCNCC1.Cl. The smallest absolute Gasteiger partial charge is 0.250 e. The van der Waals surface area contributed by atoms with E-state index < -0.39 is 10.0 Å². The number of methoxy groups -OCH3 is 1. The monoisotopic (exact) mass is 432 g/mol. The largest absolute Gasteiger partial charge is 0.384 e. The van der Waals surface area contributed by atoms with Crippen LogP contribution in [-0.2, 0) is 14.8 Å². The van der Waals surface area contributed by atoms with Gasteiger partial charge in [0.1, 0.15) is 4.21 Å². The van der Waals surface area contributed by atoms with Crippen LogP contribution < -0.4 is 10.0 Å². The third kappa shape index (κ3) is 4.90. The zero-order valence-corrected chi connectivity index (χ0v) is 16.7. The maximum absolute atomic E-state index is 12.4. The van der Waals surface area contributed by atoms with Crippen LogP contribution in [0.25, 0.3) is 0 Å². The highest BCUT2D eigenvalue weighted by Gasteiger charge is 2.34. The molecule has 9 heteroatoms. The third-order valence-corrected chi connectivity index (χ3v) is 7.86. The molecule has 1 aromatic heterocycles. The molecule has 1 aliphatic rings. The van der Waals surface area contributed by atoms with Crippen molar-refractivity contribution in [1.29, 1.82) is 0 Å². The van der Waals surface area contributed by atoms with Gasteiger partial charge in [-0.15, -0.1) is 23.7 Å². The van der Waals surface area contributed by atoms with E-state index in [9.17, 15) is 8.42 Å². The lowest BCUT2D eigenvalue weighted by atomic mass is 9.80. The Morgan fingerprint density at radius 3 is 2.59 bits per heavy atom. The molecule has 1 aromatic rings. The van der Waals surface area contributed by atoms with Gasteiger partial charge in [0.25, 0.3) is 0 Å². The minimum Gasteiger partial charge on any atom is -0.384 e. The first kappa shape index (κ1) is 20.3. The Bertz CT molecular complexity index is 561. The summed E-state index contributed by atoms with van der Waals surface area (Å²) in [6.07, 6.45) is 1.83. The van der Waals surface area contributed by atoms with Crippen LogP contribution in [0, 0.1) is 12.3 Å². The summed E-state index contributed by atoms with van der Waals surface area (Å²) >= 11 is 4.61. The summed E-state index contributed by atoms with van der Waals surface area (Å²) in [6, 6.07) is 1.70. The van der Waals surface area contributed by atoms with Crippen LogP contribution in [0.3, 0.4) is 0 Å². The summed E-state index contributed by atoms with van der Waals surface area (Å²) in [5.74, 6) is 0. The molecule has 1 saturated heterocycles. The van der Waals surface area contributed by atoms with Gasteiger partial charge in [0.15, 0.2) is 0 Å². The van der Waals surface area contributed by atoms with Crippen LogP contribution >= 0.6 is 39.7 Å². The Labute approximate surface area is 150 Å². The molecule has 1 aliphatic heterocycles. The molecule has 5 nitrogen and oxygen atoms in total. The molecule has 2 heterocycles. The normalized spacial score (nSPS) is 18.0. The lowest BCUT2D eigenvalue weighted by molar-refractivity contribution is 0.0577. The molecule has 0 aromatic carbocycles. The predicted molar refractivity (Wildman–Crippen MR) is 95.6 cm³/mol.